The Bertz CT molecular complexity index is 942. The van der Waals surface area contributed by atoms with Crippen LogP contribution in [0.1, 0.15) is 24.3 Å². The Hall–Kier alpha value is -3.07. The van der Waals surface area contributed by atoms with Crippen molar-refractivity contribution in [2.45, 2.75) is 30.8 Å². The minimum Gasteiger partial charge on any atom is -0.381 e. The molecule has 3 aromatic carbocycles. The number of rotatable bonds is 4. The lowest BCUT2D eigenvalue weighted by Gasteiger charge is -2.53. The van der Waals surface area contributed by atoms with Gasteiger partial charge in [-0.3, -0.25) is 4.79 Å². The van der Waals surface area contributed by atoms with Crippen LogP contribution in [-0.4, -0.2) is 18.0 Å². The molecule has 1 aliphatic carbocycles. The monoisotopic (exact) mass is 368 g/mol. The second-order valence-corrected chi connectivity index (χ2v) is 7.82. The molecule has 3 heteroatoms. The van der Waals surface area contributed by atoms with Crippen LogP contribution in [0.2, 0.25) is 0 Å². The van der Waals surface area contributed by atoms with Crippen LogP contribution >= 0.6 is 0 Å². The van der Waals surface area contributed by atoms with Crippen LogP contribution in [0.4, 0.5) is 11.4 Å². The Balaban J connectivity index is 1.50. The third-order valence-electron chi connectivity index (χ3n) is 6.23. The molecule has 1 N–H and O–H groups in total. The minimum atomic E-state index is -0.0179. The molecule has 2 bridgehead atoms. The van der Waals surface area contributed by atoms with Crippen molar-refractivity contribution in [3.05, 3.63) is 96.6 Å². The number of nitrogens with zero attached hydrogens (tertiary/aromatic N) is 1. The fourth-order valence-corrected chi connectivity index (χ4v) is 4.96. The van der Waals surface area contributed by atoms with E-state index in [1.807, 2.05) is 36.4 Å². The van der Waals surface area contributed by atoms with Crippen molar-refractivity contribution in [3.8, 4) is 0 Å². The lowest BCUT2D eigenvalue weighted by Crippen LogP contribution is -2.62. The zero-order valence-electron chi connectivity index (χ0n) is 15.7. The van der Waals surface area contributed by atoms with E-state index < -0.39 is 0 Å². The minimum absolute atomic E-state index is 0.0179. The number of benzene rings is 3. The topological polar surface area (TPSA) is 32.3 Å². The van der Waals surface area contributed by atoms with Crippen LogP contribution in [0.5, 0.6) is 0 Å². The number of fused-ring (bicyclic) bond motifs is 3. The largest absolute Gasteiger partial charge is 0.381 e. The molecule has 28 heavy (non-hydrogen) atoms. The van der Waals surface area contributed by atoms with Gasteiger partial charge >= 0.3 is 0 Å². The molecule has 0 radical (unpaired) electrons. The first-order chi connectivity index (χ1) is 13.8. The van der Waals surface area contributed by atoms with E-state index in [0.717, 1.165) is 24.2 Å². The maximum atomic E-state index is 13.5. The van der Waals surface area contributed by atoms with Crippen molar-refractivity contribution in [2.24, 2.45) is 5.92 Å². The summed E-state index contributed by atoms with van der Waals surface area (Å²) in [7, 11) is 0. The van der Waals surface area contributed by atoms with E-state index in [9.17, 15) is 4.79 Å². The molecule has 4 atom stereocenters. The Morgan fingerprint density at radius 1 is 0.714 bits per heavy atom. The standard InChI is InChI=1S/C25H24N2O/c28-25-22-16-21(18-10-4-1-5-11-18)24(27(25)20-14-8-3-9-15-20)17-23(22)26-19-12-6-2-7-13-19/h1-15,21-24,26H,16-17H2. The average molecular weight is 368 g/mol. The summed E-state index contributed by atoms with van der Waals surface area (Å²) in [6, 6.07) is 31.4. The van der Waals surface area contributed by atoms with Crippen LogP contribution in [0, 0.1) is 5.92 Å². The number of carbonyl (C=O) groups excluding carboxylic acids is 1. The molecule has 2 aliphatic heterocycles. The van der Waals surface area contributed by atoms with Gasteiger partial charge in [0.15, 0.2) is 0 Å². The number of hydrogen-bond donors (Lipinski definition) is 1. The fraction of sp³-hybridized carbons (Fsp3) is 0.240. The fourth-order valence-electron chi connectivity index (χ4n) is 4.96. The molecular weight excluding hydrogens is 344 g/mol. The van der Waals surface area contributed by atoms with Crippen LogP contribution in [0.25, 0.3) is 0 Å². The van der Waals surface area contributed by atoms with Gasteiger partial charge in [-0.2, -0.15) is 0 Å². The number of amides is 1. The Kier molecular flexibility index (Phi) is 4.36. The van der Waals surface area contributed by atoms with Crippen LogP contribution in [0.3, 0.4) is 0 Å². The highest BCUT2D eigenvalue weighted by molar-refractivity contribution is 5.98. The number of carbonyl (C=O) groups is 1. The molecule has 3 fully saturated rings. The molecule has 3 aliphatic rings. The Morgan fingerprint density at radius 2 is 1.32 bits per heavy atom. The molecular formula is C25H24N2O. The number of anilines is 2. The molecule has 0 aromatic heterocycles. The highest BCUT2D eigenvalue weighted by Crippen LogP contribution is 2.47. The summed E-state index contributed by atoms with van der Waals surface area (Å²) in [5.74, 6) is 0.608. The second-order valence-electron chi connectivity index (χ2n) is 7.82. The third kappa shape index (κ3) is 2.97. The van der Waals surface area contributed by atoms with Gasteiger partial charge in [-0.15, -0.1) is 0 Å². The van der Waals surface area contributed by atoms with E-state index in [-0.39, 0.29) is 23.9 Å². The predicted molar refractivity (Wildman–Crippen MR) is 113 cm³/mol. The molecule has 1 saturated carbocycles. The Morgan fingerprint density at radius 3 is 2.00 bits per heavy atom. The van der Waals surface area contributed by atoms with Crippen LogP contribution < -0.4 is 10.2 Å². The van der Waals surface area contributed by atoms with Crippen molar-refractivity contribution in [3.63, 3.8) is 0 Å². The maximum Gasteiger partial charge on any atom is 0.232 e. The first-order valence-corrected chi connectivity index (χ1v) is 10.1. The average Bonchev–Trinajstić information content (AvgIpc) is 2.76. The molecule has 6 rings (SSSR count). The van der Waals surface area contributed by atoms with E-state index in [1.54, 1.807) is 0 Å². The first kappa shape index (κ1) is 17.1. The summed E-state index contributed by atoms with van der Waals surface area (Å²) in [6.45, 7) is 0. The molecule has 3 nitrogen and oxygen atoms in total. The molecule has 3 aromatic rings. The van der Waals surface area contributed by atoms with Gasteiger partial charge in [-0.1, -0.05) is 66.7 Å². The van der Waals surface area contributed by atoms with E-state index >= 15 is 0 Å². The summed E-state index contributed by atoms with van der Waals surface area (Å²) in [4.78, 5) is 15.5. The van der Waals surface area contributed by atoms with Gasteiger partial charge in [0, 0.05) is 29.4 Å². The van der Waals surface area contributed by atoms with Crippen molar-refractivity contribution in [1.82, 2.24) is 0 Å². The molecule has 1 amide bonds. The van der Waals surface area contributed by atoms with Crippen molar-refractivity contribution in [1.29, 1.82) is 0 Å². The summed E-state index contributed by atoms with van der Waals surface area (Å²) >= 11 is 0. The number of hydrogen-bond acceptors (Lipinski definition) is 2. The Labute approximate surface area is 166 Å². The number of para-hydroxylation sites is 2. The number of nitrogens with one attached hydrogen (secondary N) is 1. The second kappa shape index (κ2) is 7.16. The van der Waals surface area contributed by atoms with Gasteiger partial charge in [-0.25, -0.2) is 0 Å². The van der Waals surface area contributed by atoms with Crippen molar-refractivity contribution >= 4 is 17.3 Å². The lowest BCUT2D eigenvalue weighted by molar-refractivity contribution is -0.128. The molecule has 0 spiro atoms. The summed E-state index contributed by atoms with van der Waals surface area (Å²) in [5.41, 5.74) is 3.45. The predicted octanol–water partition coefficient (Wildman–Crippen LogP) is 5.08. The summed E-state index contributed by atoms with van der Waals surface area (Å²) < 4.78 is 0. The third-order valence-corrected chi connectivity index (χ3v) is 6.23. The molecule has 2 saturated heterocycles. The van der Waals surface area contributed by atoms with Gasteiger partial charge < -0.3 is 10.2 Å². The zero-order chi connectivity index (χ0) is 18.9. The quantitative estimate of drug-likeness (QED) is 0.697. The van der Waals surface area contributed by atoms with Crippen LogP contribution in [-0.2, 0) is 4.79 Å². The van der Waals surface area contributed by atoms with Gasteiger partial charge in [0.1, 0.15) is 0 Å². The number of piperidine rings is 2. The first-order valence-electron chi connectivity index (χ1n) is 10.1. The zero-order valence-corrected chi connectivity index (χ0v) is 15.7. The van der Waals surface area contributed by atoms with E-state index in [2.05, 4.69) is 64.8 Å². The van der Waals surface area contributed by atoms with Gasteiger partial charge in [0.05, 0.1) is 5.92 Å². The van der Waals surface area contributed by atoms with E-state index in [4.69, 9.17) is 0 Å². The molecule has 140 valence electrons. The highest BCUT2D eigenvalue weighted by Gasteiger charge is 2.51. The van der Waals surface area contributed by atoms with Gasteiger partial charge in [0.25, 0.3) is 0 Å². The molecule has 4 unspecified atom stereocenters. The van der Waals surface area contributed by atoms with Gasteiger partial charge in [-0.05, 0) is 42.7 Å². The summed E-state index contributed by atoms with van der Waals surface area (Å²) in [5, 5.41) is 3.64. The maximum absolute atomic E-state index is 13.5. The van der Waals surface area contributed by atoms with E-state index in [1.165, 1.54) is 5.56 Å². The van der Waals surface area contributed by atoms with Crippen LogP contribution in [0.15, 0.2) is 91.0 Å². The molecule has 2 heterocycles. The smallest absolute Gasteiger partial charge is 0.232 e. The van der Waals surface area contributed by atoms with Gasteiger partial charge in [0.2, 0.25) is 5.91 Å². The lowest BCUT2D eigenvalue weighted by atomic mass is 9.67. The van der Waals surface area contributed by atoms with Crippen molar-refractivity contribution < 1.29 is 4.79 Å². The normalized spacial score (nSPS) is 26.3. The highest BCUT2D eigenvalue weighted by atomic mass is 16.2. The van der Waals surface area contributed by atoms with E-state index in [0.29, 0.717) is 5.92 Å². The van der Waals surface area contributed by atoms with Crippen molar-refractivity contribution in [2.75, 3.05) is 10.2 Å². The SMILES string of the molecule is O=C1C2CC(c3ccccc3)C(CC2Nc2ccccc2)N1c1ccccc1. The summed E-state index contributed by atoms with van der Waals surface area (Å²) in [6.07, 6.45) is 1.86.